The second-order valence-electron chi connectivity index (χ2n) is 11.1. The van der Waals surface area contributed by atoms with E-state index in [1.54, 1.807) is 60.7 Å². The second-order valence-corrected chi connectivity index (χ2v) is 11.1. The first kappa shape index (κ1) is 30.3. The van der Waals surface area contributed by atoms with Crippen molar-refractivity contribution in [2.45, 2.75) is 42.7 Å². The Balaban J connectivity index is 1.23. The molecule has 1 fully saturated rings. The predicted octanol–water partition coefficient (Wildman–Crippen LogP) is 3.12. The van der Waals surface area contributed by atoms with Crippen molar-refractivity contribution in [1.82, 2.24) is 0 Å². The van der Waals surface area contributed by atoms with Gasteiger partial charge in [-0.2, -0.15) is 0 Å². The maximum Gasteiger partial charge on any atom is 0.229 e. The van der Waals surface area contributed by atoms with Crippen LogP contribution in [0.3, 0.4) is 0 Å². The topological polar surface area (TPSA) is 190 Å². The molecule has 45 heavy (non-hydrogen) atoms. The van der Waals surface area contributed by atoms with E-state index in [-0.39, 0.29) is 23.0 Å². The van der Waals surface area contributed by atoms with Gasteiger partial charge in [-0.25, -0.2) is 0 Å². The summed E-state index contributed by atoms with van der Waals surface area (Å²) in [6, 6.07) is 20.8. The lowest BCUT2D eigenvalue weighted by molar-refractivity contribution is -0.277. The summed E-state index contributed by atoms with van der Waals surface area (Å²) in [5.74, 6) is -0.0442. The third-order valence-electron chi connectivity index (χ3n) is 7.96. The molecular weight excluding hydrogens is 584 g/mol. The first-order valence-electron chi connectivity index (χ1n) is 14.2. The molecule has 2 heterocycles. The monoisotopic (exact) mass is 616 g/mol. The molecule has 0 spiro atoms. The highest BCUT2D eigenvalue weighted by atomic mass is 16.7. The van der Waals surface area contributed by atoms with Gasteiger partial charge in [-0.1, -0.05) is 36.4 Å². The van der Waals surface area contributed by atoms with Crippen LogP contribution in [-0.2, 0) is 4.74 Å². The molecule has 11 heteroatoms. The lowest BCUT2D eigenvalue weighted by Crippen LogP contribution is -2.60. The standard InChI is InChI=1S/C34H32O11/c35-16-27-30(40)31(41)32(42)34(45-27)43-24-9-3-17(4-10-24)1-2-18-11-25(39)29-26(12-18)44-33(19-5-7-21(36)8-6-19)28(29)20-13-22(37)15-23(38)14-20/h1-15,27-28,30-42H,16H2. The largest absolute Gasteiger partial charge is 0.508 e. The number of aliphatic hydroxyl groups is 4. The highest BCUT2D eigenvalue weighted by Crippen LogP contribution is 2.54. The maximum absolute atomic E-state index is 11.2. The van der Waals surface area contributed by atoms with Crippen LogP contribution in [0.4, 0.5) is 0 Å². The molecule has 11 nitrogen and oxygen atoms in total. The van der Waals surface area contributed by atoms with E-state index in [2.05, 4.69) is 0 Å². The fraction of sp³-hybridized carbons (Fsp3) is 0.235. The molecule has 8 N–H and O–H groups in total. The number of hydrogen-bond donors (Lipinski definition) is 8. The Labute approximate surface area is 257 Å². The summed E-state index contributed by atoms with van der Waals surface area (Å²) >= 11 is 0. The second kappa shape index (κ2) is 12.3. The first-order valence-corrected chi connectivity index (χ1v) is 14.2. The number of aromatic hydroxyl groups is 4. The van der Waals surface area contributed by atoms with Crippen molar-refractivity contribution in [3.8, 4) is 34.5 Å². The van der Waals surface area contributed by atoms with E-state index in [1.807, 2.05) is 0 Å². The van der Waals surface area contributed by atoms with Crippen LogP contribution in [0.5, 0.6) is 34.5 Å². The number of benzene rings is 4. The van der Waals surface area contributed by atoms with Crippen LogP contribution < -0.4 is 9.47 Å². The summed E-state index contributed by atoms with van der Waals surface area (Å²) in [6.45, 7) is -0.560. The summed E-state index contributed by atoms with van der Waals surface area (Å²) in [7, 11) is 0. The van der Waals surface area contributed by atoms with Crippen LogP contribution in [-0.4, -0.2) is 78.2 Å². The van der Waals surface area contributed by atoms with Crippen molar-refractivity contribution in [3.05, 3.63) is 107 Å². The van der Waals surface area contributed by atoms with Crippen molar-refractivity contribution >= 4 is 12.2 Å². The normalized spacial score (nSPS) is 26.0. The molecule has 7 unspecified atom stereocenters. The van der Waals surface area contributed by atoms with E-state index in [1.165, 1.54) is 30.3 Å². The van der Waals surface area contributed by atoms with Gasteiger partial charge in [0.2, 0.25) is 6.29 Å². The van der Waals surface area contributed by atoms with E-state index in [0.29, 0.717) is 28.2 Å². The highest BCUT2D eigenvalue weighted by molar-refractivity contribution is 5.73. The van der Waals surface area contributed by atoms with Crippen LogP contribution in [0, 0.1) is 0 Å². The zero-order chi connectivity index (χ0) is 31.8. The van der Waals surface area contributed by atoms with Gasteiger partial charge in [0.1, 0.15) is 65.0 Å². The van der Waals surface area contributed by atoms with E-state index in [9.17, 15) is 40.9 Å². The Kier molecular flexibility index (Phi) is 8.28. The predicted molar refractivity (Wildman–Crippen MR) is 161 cm³/mol. The number of hydrogen-bond acceptors (Lipinski definition) is 11. The minimum atomic E-state index is -1.55. The summed E-state index contributed by atoms with van der Waals surface area (Å²) in [6.07, 6.45) is -3.97. The van der Waals surface area contributed by atoms with Crippen LogP contribution >= 0.6 is 0 Å². The molecule has 0 radical (unpaired) electrons. The third-order valence-corrected chi connectivity index (χ3v) is 7.96. The molecule has 0 bridgehead atoms. The van der Waals surface area contributed by atoms with Crippen LogP contribution in [0.15, 0.2) is 78.9 Å². The minimum absolute atomic E-state index is 0.0375. The number of ether oxygens (including phenoxy) is 3. The number of phenolic OH excluding ortho intramolecular Hbond substituents is 4. The van der Waals surface area contributed by atoms with Gasteiger partial charge < -0.3 is 55.1 Å². The van der Waals surface area contributed by atoms with Gasteiger partial charge in [-0.3, -0.25) is 0 Å². The maximum atomic E-state index is 11.2. The van der Waals surface area contributed by atoms with Crippen molar-refractivity contribution < 1.29 is 55.1 Å². The Morgan fingerprint density at radius 2 is 1.33 bits per heavy atom. The molecule has 0 saturated carbocycles. The van der Waals surface area contributed by atoms with Crippen molar-refractivity contribution in [1.29, 1.82) is 0 Å². The molecule has 0 amide bonds. The molecule has 6 rings (SSSR count). The van der Waals surface area contributed by atoms with Crippen molar-refractivity contribution in [3.63, 3.8) is 0 Å². The van der Waals surface area contributed by atoms with Crippen molar-refractivity contribution in [2.24, 2.45) is 0 Å². The van der Waals surface area contributed by atoms with Gasteiger partial charge in [-0.15, -0.1) is 0 Å². The molecule has 0 aromatic heterocycles. The number of fused-ring (bicyclic) bond motifs is 1. The van der Waals surface area contributed by atoms with Crippen LogP contribution in [0.1, 0.15) is 39.8 Å². The number of phenols is 4. The Morgan fingerprint density at radius 3 is 2.00 bits per heavy atom. The zero-order valence-corrected chi connectivity index (χ0v) is 23.7. The van der Waals surface area contributed by atoms with Gasteiger partial charge >= 0.3 is 0 Å². The fourth-order valence-corrected chi connectivity index (χ4v) is 5.71. The SMILES string of the molecule is OCC1OC(Oc2ccc(C=Cc3cc(O)c4c(c3)OC(c3ccc(O)cc3)C4c3cc(O)cc(O)c3)cc2)C(O)C(O)C1O. The van der Waals surface area contributed by atoms with Gasteiger partial charge in [-0.05, 0) is 70.8 Å². The quantitative estimate of drug-likeness (QED) is 0.142. The van der Waals surface area contributed by atoms with E-state index >= 15 is 0 Å². The minimum Gasteiger partial charge on any atom is -0.508 e. The average molecular weight is 617 g/mol. The van der Waals surface area contributed by atoms with Gasteiger partial charge in [0.15, 0.2) is 0 Å². The molecule has 7 atom stereocenters. The van der Waals surface area contributed by atoms with Gasteiger partial charge in [0.25, 0.3) is 0 Å². The van der Waals surface area contributed by atoms with Crippen LogP contribution in [0.25, 0.3) is 12.2 Å². The van der Waals surface area contributed by atoms with Gasteiger partial charge in [0.05, 0.1) is 12.5 Å². The Morgan fingerprint density at radius 1 is 0.667 bits per heavy atom. The molecule has 0 aliphatic carbocycles. The zero-order valence-electron chi connectivity index (χ0n) is 23.7. The Hall–Kier alpha value is -4.78. The number of aliphatic hydroxyl groups excluding tert-OH is 4. The third kappa shape index (κ3) is 6.12. The Bertz CT molecular complexity index is 1660. The summed E-state index contributed by atoms with van der Waals surface area (Å²) in [5.41, 5.74) is 3.15. The molecular formula is C34H32O11. The molecule has 2 aliphatic rings. The lowest BCUT2D eigenvalue weighted by Gasteiger charge is -2.39. The first-order chi connectivity index (χ1) is 21.6. The van der Waals surface area contributed by atoms with Crippen LogP contribution in [0.2, 0.25) is 0 Å². The van der Waals surface area contributed by atoms with Crippen molar-refractivity contribution in [2.75, 3.05) is 6.61 Å². The summed E-state index contributed by atoms with van der Waals surface area (Å²) in [5, 5.41) is 80.9. The lowest BCUT2D eigenvalue weighted by atomic mass is 9.84. The summed E-state index contributed by atoms with van der Waals surface area (Å²) < 4.78 is 17.4. The highest BCUT2D eigenvalue weighted by Gasteiger charge is 2.45. The molecule has 234 valence electrons. The average Bonchev–Trinajstić information content (AvgIpc) is 3.41. The fourth-order valence-electron chi connectivity index (χ4n) is 5.71. The number of rotatable bonds is 7. The van der Waals surface area contributed by atoms with E-state index in [0.717, 1.165) is 11.1 Å². The molecule has 2 aliphatic heterocycles. The summed E-state index contributed by atoms with van der Waals surface area (Å²) in [4.78, 5) is 0. The smallest absolute Gasteiger partial charge is 0.229 e. The van der Waals surface area contributed by atoms with E-state index in [4.69, 9.17) is 14.2 Å². The van der Waals surface area contributed by atoms with Gasteiger partial charge in [0, 0.05) is 11.6 Å². The molecule has 4 aromatic carbocycles. The van der Waals surface area contributed by atoms with E-state index < -0.39 is 49.3 Å². The molecule has 4 aromatic rings. The molecule has 1 saturated heterocycles.